The molecular weight excluding hydrogens is 232 g/mol. The topological polar surface area (TPSA) is 91.8 Å². The number of aromatic nitrogens is 1. The minimum Gasteiger partial charge on any atom is -0.368 e. The van der Waals surface area contributed by atoms with Crippen LogP contribution in [0.4, 0.5) is 11.5 Å². The van der Waals surface area contributed by atoms with Crippen LogP contribution in [0, 0.1) is 26.9 Å². The highest BCUT2D eigenvalue weighted by molar-refractivity contribution is 5.55. The number of nitrogens with zero attached hydrogens (tertiary/aromatic N) is 3. The molecule has 1 aliphatic carbocycles. The molecule has 1 aromatic rings. The summed E-state index contributed by atoms with van der Waals surface area (Å²) in [5.41, 5.74) is 0.390. The Bertz CT molecular complexity index is 517. The number of nitrogens with one attached hydrogen (secondary N) is 1. The lowest BCUT2D eigenvalue weighted by Gasteiger charge is -2.14. The van der Waals surface area contributed by atoms with Crippen molar-refractivity contribution in [3.8, 4) is 6.07 Å². The van der Waals surface area contributed by atoms with Gasteiger partial charge in [0.1, 0.15) is 23.6 Å². The molecule has 0 radical (unpaired) electrons. The Balaban J connectivity index is 2.13. The zero-order valence-corrected chi connectivity index (χ0v) is 10.1. The van der Waals surface area contributed by atoms with E-state index in [1.165, 1.54) is 25.1 Å². The summed E-state index contributed by atoms with van der Waals surface area (Å²) in [6, 6.07) is 3.19. The van der Waals surface area contributed by atoms with E-state index in [-0.39, 0.29) is 11.3 Å². The molecule has 1 aliphatic rings. The van der Waals surface area contributed by atoms with Crippen molar-refractivity contribution in [1.29, 1.82) is 5.26 Å². The van der Waals surface area contributed by atoms with Gasteiger partial charge in [-0.3, -0.25) is 10.1 Å². The fraction of sp³-hybridized carbons (Fsp3) is 0.500. The van der Waals surface area contributed by atoms with Crippen molar-refractivity contribution in [3.63, 3.8) is 0 Å². The molecule has 0 amide bonds. The molecule has 1 aromatic heterocycles. The summed E-state index contributed by atoms with van der Waals surface area (Å²) >= 11 is 0. The van der Waals surface area contributed by atoms with E-state index in [2.05, 4.69) is 17.2 Å². The molecule has 1 N–H and O–H groups in total. The van der Waals surface area contributed by atoms with Crippen LogP contribution in [0.5, 0.6) is 0 Å². The Morgan fingerprint density at radius 2 is 2.39 bits per heavy atom. The molecule has 0 saturated heterocycles. The van der Waals surface area contributed by atoms with Crippen LogP contribution in [0.1, 0.15) is 31.7 Å². The van der Waals surface area contributed by atoms with Crippen molar-refractivity contribution < 1.29 is 4.92 Å². The fourth-order valence-electron chi connectivity index (χ4n) is 1.88. The second-order valence-electron chi connectivity index (χ2n) is 4.67. The normalized spacial score (nSPS) is 15.8. The summed E-state index contributed by atoms with van der Waals surface area (Å²) in [6.45, 7) is 2.91. The lowest BCUT2D eigenvalue weighted by atomic mass is 10.0. The van der Waals surface area contributed by atoms with E-state index in [0.29, 0.717) is 11.2 Å². The largest absolute Gasteiger partial charge is 0.368 e. The maximum absolute atomic E-state index is 10.6. The van der Waals surface area contributed by atoms with E-state index in [4.69, 9.17) is 5.26 Å². The molecule has 0 bridgehead atoms. The lowest BCUT2D eigenvalue weighted by Crippen LogP contribution is -2.16. The maximum Gasteiger partial charge on any atom is 0.289 e. The number of anilines is 1. The Kier molecular flexibility index (Phi) is 3.15. The molecule has 0 aliphatic heterocycles. The van der Waals surface area contributed by atoms with Gasteiger partial charge >= 0.3 is 0 Å². The van der Waals surface area contributed by atoms with E-state index >= 15 is 0 Å². The van der Waals surface area contributed by atoms with Gasteiger partial charge in [-0.05, 0) is 24.7 Å². The molecule has 6 nitrogen and oxygen atoms in total. The molecule has 0 unspecified atom stereocenters. The first-order valence-corrected chi connectivity index (χ1v) is 5.89. The minimum atomic E-state index is -0.550. The molecule has 1 fully saturated rings. The van der Waals surface area contributed by atoms with Gasteiger partial charge in [0, 0.05) is 12.6 Å². The summed E-state index contributed by atoms with van der Waals surface area (Å²) < 4.78 is 0. The first kappa shape index (κ1) is 12.3. The van der Waals surface area contributed by atoms with Gasteiger partial charge in [-0.1, -0.05) is 6.92 Å². The zero-order chi connectivity index (χ0) is 13.2. The Morgan fingerprint density at radius 1 is 1.67 bits per heavy atom. The van der Waals surface area contributed by atoms with Crippen LogP contribution in [0.15, 0.2) is 12.3 Å². The van der Waals surface area contributed by atoms with E-state index in [1.807, 2.05) is 6.07 Å². The van der Waals surface area contributed by atoms with Crippen LogP contribution < -0.4 is 5.32 Å². The van der Waals surface area contributed by atoms with Crippen LogP contribution in [0.2, 0.25) is 0 Å². The fourth-order valence-corrected chi connectivity index (χ4v) is 1.88. The van der Waals surface area contributed by atoms with Gasteiger partial charge < -0.3 is 5.32 Å². The molecule has 18 heavy (non-hydrogen) atoms. The summed E-state index contributed by atoms with van der Waals surface area (Å²) in [7, 11) is 0. The lowest BCUT2D eigenvalue weighted by molar-refractivity contribution is -0.385. The van der Waals surface area contributed by atoms with Gasteiger partial charge in [0.05, 0.1) is 4.92 Å². The van der Waals surface area contributed by atoms with Gasteiger partial charge in [0.2, 0.25) is 0 Å². The first-order valence-electron chi connectivity index (χ1n) is 5.89. The maximum atomic E-state index is 10.6. The van der Waals surface area contributed by atoms with Crippen LogP contribution >= 0.6 is 0 Å². The molecule has 2 rings (SSSR count). The van der Waals surface area contributed by atoms with Crippen molar-refractivity contribution in [1.82, 2.24) is 4.98 Å². The predicted molar refractivity (Wildman–Crippen MR) is 66.1 cm³/mol. The van der Waals surface area contributed by atoms with Gasteiger partial charge in [-0.25, -0.2) is 4.98 Å². The number of nitro groups is 1. The molecule has 1 heterocycles. The molecule has 0 aromatic carbocycles. The van der Waals surface area contributed by atoms with E-state index in [1.54, 1.807) is 0 Å². The summed E-state index contributed by atoms with van der Waals surface area (Å²) in [4.78, 5) is 14.0. The SMILES string of the molecule is CCC1(CNc2ncc([N+](=O)[O-])cc2C#N)CC1. The van der Waals surface area contributed by atoms with Crippen molar-refractivity contribution in [2.45, 2.75) is 26.2 Å². The molecule has 0 spiro atoms. The smallest absolute Gasteiger partial charge is 0.289 e. The monoisotopic (exact) mass is 246 g/mol. The average Bonchev–Trinajstić information content (AvgIpc) is 3.16. The zero-order valence-electron chi connectivity index (χ0n) is 10.1. The molecule has 1 saturated carbocycles. The highest BCUT2D eigenvalue weighted by Crippen LogP contribution is 2.48. The number of hydrogen-bond acceptors (Lipinski definition) is 5. The molecule has 94 valence electrons. The van der Waals surface area contributed by atoms with Crippen molar-refractivity contribution in [3.05, 3.63) is 27.9 Å². The third-order valence-electron chi connectivity index (χ3n) is 3.54. The number of nitriles is 1. The number of pyridine rings is 1. The van der Waals surface area contributed by atoms with Gasteiger partial charge in [-0.15, -0.1) is 0 Å². The summed E-state index contributed by atoms with van der Waals surface area (Å²) in [5, 5.41) is 22.7. The molecule has 6 heteroatoms. The highest BCUT2D eigenvalue weighted by Gasteiger charge is 2.40. The Hall–Kier alpha value is -2.16. The summed E-state index contributed by atoms with van der Waals surface area (Å²) in [6.07, 6.45) is 4.64. The standard InChI is InChI=1S/C12H14N4O2/c1-2-12(3-4-12)8-15-11-9(6-13)5-10(7-14-11)16(17)18/h5,7H,2-4,8H2,1H3,(H,14,15). The van der Waals surface area contributed by atoms with Crippen LogP contribution in [-0.4, -0.2) is 16.5 Å². The van der Waals surface area contributed by atoms with Crippen molar-refractivity contribution >= 4 is 11.5 Å². The van der Waals surface area contributed by atoms with Crippen LogP contribution in [-0.2, 0) is 0 Å². The average molecular weight is 246 g/mol. The predicted octanol–water partition coefficient (Wildman–Crippen LogP) is 2.46. The third kappa shape index (κ3) is 2.40. The second-order valence-corrected chi connectivity index (χ2v) is 4.67. The van der Waals surface area contributed by atoms with Crippen molar-refractivity contribution in [2.75, 3.05) is 11.9 Å². The van der Waals surface area contributed by atoms with Crippen LogP contribution in [0.25, 0.3) is 0 Å². The van der Waals surface area contributed by atoms with Gasteiger partial charge in [0.15, 0.2) is 0 Å². The Morgan fingerprint density at radius 3 is 2.89 bits per heavy atom. The highest BCUT2D eigenvalue weighted by atomic mass is 16.6. The number of hydrogen-bond donors (Lipinski definition) is 1. The van der Waals surface area contributed by atoms with E-state index in [0.717, 1.165) is 13.0 Å². The molecule has 0 atom stereocenters. The van der Waals surface area contributed by atoms with Gasteiger partial charge in [-0.2, -0.15) is 5.26 Å². The van der Waals surface area contributed by atoms with Gasteiger partial charge in [0.25, 0.3) is 5.69 Å². The van der Waals surface area contributed by atoms with E-state index in [9.17, 15) is 10.1 Å². The van der Waals surface area contributed by atoms with E-state index < -0.39 is 4.92 Å². The van der Waals surface area contributed by atoms with Crippen molar-refractivity contribution in [2.24, 2.45) is 5.41 Å². The summed E-state index contributed by atoms with van der Waals surface area (Å²) in [5.74, 6) is 0.433. The second kappa shape index (κ2) is 4.61. The first-order chi connectivity index (χ1) is 8.60. The quantitative estimate of drug-likeness (QED) is 0.636. The number of rotatable bonds is 5. The Labute approximate surface area is 105 Å². The third-order valence-corrected chi connectivity index (χ3v) is 3.54. The minimum absolute atomic E-state index is 0.159. The molecular formula is C12H14N4O2. The van der Waals surface area contributed by atoms with Crippen LogP contribution in [0.3, 0.4) is 0 Å².